The van der Waals surface area contributed by atoms with E-state index in [2.05, 4.69) is 20.6 Å². The van der Waals surface area contributed by atoms with Crippen molar-refractivity contribution in [1.29, 1.82) is 0 Å². The van der Waals surface area contributed by atoms with Crippen LogP contribution in [0.25, 0.3) is 0 Å². The lowest BCUT2D eigenvalue weighted by molar-refractivity contribution is 0.0945. The van der Waals surface area contributed by atoms with E-state index in [-0.39, 0.29) is 5.91 Å². The topological polar surface area (TPSA) is 76.1 Å². The van der Waals surface area contributed by atoms with Gasteiger partial charge in [-0.2, -0.15) is 0 Å². The first-order valence-electron chi connectivity index (χ1n) is 8.22. The highest BCUT2D eigenvalue weighted by Gasteiger charge is 2.10. The molecule has 0 saturated carbocycles. The fourth-order valence-electron chi connectivity index (χ4n) is 2.51. The quantitative estimate of drug-likeness (QED) is 0.713. The molecule has 0 spiro atoms. The van der Waals surface area contributed by atoms with Gasteiger partial charge in [-0.25, -0.2) is 9.97 Å². The maximum Gasteiger partial charge on any atom is 0.270 e. The number of hydrogen-bond donors (Lipinski definition) is 2. The number of aryl methyl sites for hydroxylation is 1. The van der Waals surface area contributed by atoms with Gasteiger partial charge >= 0.3 is 0 Å². The number of nitrogens with one attached hydrogen (secondary N) is 2. The maximum absolute atomic E-state index is 12.4. The minimum Gasteiger partial charge on any atom is -0.496 e. The number of benzene rings is 2. The minimum atomic E-state index is -0.273. The standard InChI is InChI=1S/C20H20N4O2/c1-14-6-5-8-16(12-14)23-20-21-11-10-17(24-20)19(25)22-13-15-7-3-4-9-18(15)26-2/h3-12H,13H2,1-2H3,(H,22,25)(H,21,23,24). The fraction of sp³-hybridized carbons (Fsp3) is 0.150. The van der Waals surface area contributed by atoms with E-state index in [1.807, 2.05) is 55.5 Å². The Labute approximate surface area is 152 Å². The van der Waals surface area contributed by atoms with Crippen molar-refractivity contribution in [2.45, 2.75) is 13.5 Å². The number of carbonyl (C=O) groups excluding carboxylic acids is 1. The Bertz CT molecular complexity index is 912. The van der Waals surface area contributed by atoms with Gasteiger partial charge in [-0.15, -0.1) is 0 Å². The number of amides is 1. The third-order valence-electron chi connectivity index (χ3n) is 3.79. The van der Waals surface area contributed by atoms with E-state index in [1.165, 1.54) is 0 Å². The molecule has 0 radical (unpaired) electrons. The van der Waals surface area contributed by atoms with Crippen LogP contribution in [0.15, 0.2) is 60.8 Å². The SMILES string of the molecule is COc1ccccc1CNC(=O)c1ccnc(Nc2cccc(C)c2)n1. The Balaban J connectivity index is 1.68. The average molecular weight is 348 g/mol. The lowest BCUT2D eigenvalue weighted by Crippen LogP contribution is -2.24. The number of aromatic nitrogens is 2. The first kappa shape index (κ1) is 17.4. The van der Waals surface area contributed by atoms with E-state index >= 15 is 0 Å². The van der Waals surface area contributed by atoms with Crippen molar-refractivity contribution < 1.29 is 9.53 Å². The van der Waals surface area contributed by atoms with E-state index in [0.717, 1.165) is 22.6 Å². The molecule has 0 aliphatic rings. The molecule has 2 aromatic carbocycles. The minimum absolute atomic E-state index is 0.273. The van der Waals surface area contributed by atoms with E-state index in [4.69, 9.17) is 4.74 Å². The Hall–Kier alpha value is -3.41. The van der Waals surface area contributed by atoms with Gasteiger partial charge < -0.3 is 15.4 Å². The molecule has 0 atom stereocenters. The lowest BCUT2D eigenvalue weighted by atomic mass is 10.2. The van der Waals surface area contributed by atoms with Crippen molar-refractivity contribution in [2.75, 3.05) is 12.4 Å². The highest BCUT2D eigenvalue weighted by molar-refractivity contribution is 5.92. The van der Waals surface area contributed by atoms with Crippen LogP contribution in [0.3, 0.4) is 0 Å². The van der Waals surface area contributed by atoms with Crippen LogP contribution in [0.1, 0.15) is 21.6 Å². The van der Waals surface area contributed by atoms with Crippen molar-refractivity contribution in [3.63, 3.8) is 0 Å². The zero-order valence-corrected chi connectivity index (χ0v) is 14.7. The van der Waals surface area contributed by atoms with Crippen LogP contribution >= 0.6 is 0 Å². The summed E-state index contributed by atoms with van der Waals surface area (Å²) in [4.78, 5) is 20.9. The van der Waals surface area contributed by atoms with Gasteiger partial charge in [-0.05, 0) is 36.8 Å². The van der Waals surface area contributed by atoms with Crippen molar-refractivity contribution in [3.8, 4) is 5.75 Å². The number of nitrogens with zero attached hydrogens (tertiary/aromatic N) is 2. The van der Waals surface area contributed by atoms with Gasteiger partial charge in [0.05, 0.1) is 7.11 Å². The van der Waals surface area contributed by atoms with Crippen molar-refractivity contribution in [1.82, 2.24) is 15.3 Å². The number of rotatable bonds is 6. The Kier molecular flexibility index (Phi) is 5.43. The van der Waals surface area contributed by atoms with E-state index in [9.17, 15) is 4.79 Å². The van der Waals surface area contributed by atoms with Gasteiger partial charge in [0.2, 0.25) is 5.95 Å². The fourth-order valence-corrected chi connectivity index (χ4v) is 2.51. The first-order chi connectivity index (χ1) is 12.7. The summed E-state index contributed by atoms with van der Waals surface area (Å²) in [5.41, 5.74) is 3.19. The molecular formula is C20H20N4O2. The first-order valence-corrected chi connectivity index (χ1v) is 8.22. The summed E-state index contributed by atoms with van der Waals surface area (Å²) < 4.78 is 5.29. The number of anilines is 2. The lowest BCUT2D eigenvalue weighted by Gasteiger charge is -2.10. The van der Waals surface area contributed by atoms with Gasteiger partial charge in [0.1, 0.15) is 11.4 Å². The highest BCUT2D eigenvalue weighted by atomic mass is 16.5. The van der Waals surface area contributed by atoms with Gasteiger partial charge in [0.25, 0.3) is 5.91 Å². The molecule has 26 heavy (non-hydrogen) atoms. The van der Waals surface area contributed by atoms with Crippen LogP contribution in [0.4, 0.5) is 11.6 Å². The van der Waals surface area contributed by atoms with Gasteiger partial charge in [-0.3, -0.25) is 4.79 Å². The molecule has 0 fully saturated rings. The summed E-state index contributed by atoms with van der Waals surface area (Å²) in [7, 11) is 1.61. The molecule has 2 N–H and O–H groups in total. The summed E-state index contributed by atoms with van der Waals surface area (Å²) in [6.07, 6.45) is 1.56. The summed E-state index contributed by atoms with van der Waals surface area (Å²) in [5.74, 6) is 0.837. The number of methoxy groups -OCH3 is 1. The van der Waals surface area contributed by atoms with Crippen LogP contribution in [0.2, 0.25) is 0 Å². The van der Waals surface area contributed by atoms with Gasteiger partial charge in [0, 0.05) is 24.0 Å². The third-order valence-corrected chi connectivity index (χ3v) is 3.79. The smallest absolute Gasteiger partial charge is 0.270 e. The highest BCUT2D eigenvalue weighted by Crippen LogP contribution is 2.17. The molecule has 0 unspecified atom stereocenters. The maximum atomic E-state index is 12.4. The predicted molar refractivity (Wildman–Crippen MR) is 101 cm³/mol. The Morgan fingerprint density at radius 1 is 1.12 bits per heavy atom. The van der Waals surface area contributed by atoms with Gasteiger partial charge in [0.15, 0.2) is 0 Å². The molecule has 1 amide bonds. The number of hydrogen-bond acceptors (Lipinski definition) is 5. The predicted octanol–water partition coefficient (Wildman–Crippen LogP) is 3.47. The second-order valence-electron chi connectivity index (χ2n) is 5.75. The van der Waals surface area contributed by atoms with Crippen LogP contribution < -0.4 is 15.4 Å². The monoisotopic (exact) mass is 348 g/mol. The van der Waals surface area contributed by atoms with Crippen molar-refractivity contribution in [3.05, 3.63) is 77.6 Å². The zero-order chi connectivity index (χ0) is 18.4. The zero-order valence-electron chi connectivity index (χ0n) is 14.7. The summed E-state index contributed by atoms with van der Waals surface area (Å²) in [6.45, 7) is 2.36. The van der Waals surface area contributed by atoms with E-state index in [0.29, 0.717) is 18.2 Å². The van der Waals surface area contributed by atoms with Crippen LogP contribution in [-0.4, -0.2) is 23.0 Å². The molecule has 0 saturated heterocycles. The number of para-hydroxylation sites is 1. The second-order valence-corrected chi connectivity index (χ2v) is 5.75. The summed E-state index contributed by atoms with van der Waals surface area (Å²) >= 11 is 0. The number of carbonyl (C=O) groups is 1. The van der Waals surface area contributed by atoms with Crippen molar-refractivity contribution >= 4 is 17.5 Å². The molecule has 0 aliphatic heterocycles. The van der Waals surface area contributed by atoms with E-state index in [1.54, 1.807) is 19.4 Å². The van der Waals surface area contributed by atoms with Gasteiger partial charge in [-0.1, -0.05) is 30.3 Å². The molecule has 6 nitrogen and oxygen atoms in total. The third kappa shape index (κ3) is 4.36. The molecule has 3 aromatic rings. The molecule has 3 rings (SSSR count). The number of ether oxygens (including phenoxy) is 1. The summed E-state index contributed by atoms with van der Waals surface area (Å²) in [5, 5.41) is 5.96. The summed E-state index contributed by atoms with van der Waals surface area (Å²) in [6, 6.07) is 17.0. The molecule has 1 heterocycles. The Morgan fingerprint density at radius 3 is 2.77 bits per heavy atom. The molecule has 0 aliphatic carbocycles. The molecular weight excluding hydrogens is 328 g/mol. The molecule has 0 bridgehead atoms. The average Bonchev–Trinajstić information content (AvgIpc) is 2.66. The molecule has 6 heteroatoms. The second kappa shape index (κ2) is 8.11. The molecule has 132 valence electrons. The van der Waals surface area contributed by atoms with Crippen LogP contribution in [0.5, 0.6) is 5.75 Å². The van der Waals surface area contributed by atoms with Crippen LogP contribution in [-0.2, 0) is 6.54 Å². The van der Waals surface area contributed by atoms with Crippen LogP contribution in [0, 0.1) is 6.92 Å². The Morgan fingerprint density at radius 2 is 1.96 bits per heavy atom. The normalized spacial score (nSPS) is 10.2. The van der Waals surface area contributed by atoms with Crippen molar-refractivity contribution in [2.24, 2.45) is 0 Å². The largest absolute Gasteiger partial charge is 0.496 e. The molecule has 1 aromatic heterocycles. The van der Waals surface area contributed by atoms with E-state index < -0.39 is 0 Å².